The third-order valence-corrected chi connectivity index (χ3v) is 4.34. The van der Waals surface area contributed by atoms with Crippen LogP contribution in [0.3, 0.4) is 0 Å². The Bertz CT molecular complexity index is 451. The molecule has 0 saturated carbocycles. The van der Waals surface area contributed by atoms with E-state index in [0.29, 0.717) is 23.8 Å². The Labute approximate surface area is 121 Å². The van der Waals surface area contributed by atoms with Crippen LogP contribution < -0.4 is 16.6 Å². The average molecular weight is 301 g/mol. The van der Waals surface area contributed by atoms with Gasteiger partial charge in [0.2, 0.25) is 0 Å². The molecule has 7 heteroatoms. The van der Waals surface area contributed by atoms with Crippen molar-refractivity contribution in [3.63, 3.8) is 0 Å². The van der Waals surface area contributed by atoms with Gasteiger partial charge < -0.3 is 10.7 Å². The van der Waals surface area contributed by atoms with Crippen molar-refractivity contribution in [2.24, 2.45) is 11.8 Å². The molecule has 1 aromatic heterocycles. The Hall–Kier alpha value is -0.980. The number of nitrogens with one attached hydrogen (secondary N) is 2. The van der Waals surface area contributed by atoms with E-state index < -0.39 is 0 Å². The SMILES string of the molecule is NNc1cc(C(=O)NCC2CCSCC2)cc(Cl)n1. The van der Waals surface area contributed by atoms with E-state index in [4.69, 9.17) is 17.4 Å². The minimum Gasteiger partial charge on any atom is -0.352 e. The summed E-state index contributed by atoms with van der Waals surface area (Å²) in [5, 5.41) is 3.19. The summed E-state index contributed by atoms with van der Waals surface area (Å²) in [4.78, 5) is 16.0. The normalized spacial score (nSPS) is 16.1. The number of carbonyl (C=O) groups excluding carboxylic acids is 1. The van der Waals surface area contributed by atoms with Crippen LogP contribution in [0, 0.1) is 5.92 Å². The molecule has 2 heterocycles. The summed E-state index contributed by atoms with van der Waals surface area (Å²) in [6.45, 7) is 0.713. The number of nitrogens with two attached hydrogens (primary N) is 1. The highest BCUT2D eigenvalue weighted by atomic mass is 35.5. The lowest BCUT2D eigenvalue weighted by Crippen LogP contribution is -2.31. The van der Waals surface area contributed by atoms with Gasteiger partial charge >= 0.3 is 0 Å². The summed E-state index contributed by atoms with van der Waals surface area (Å²) in [6, 6.07) is 3.12. The molecule has 1 aliphatic heterocycles. The van der Waals surface area contributed by atoms with Crippen LogP contribution in [-0.2, 0) is 0 Å². The molecule has 1 aliphatic rings. The first kappa shape index (κ1) is 14.4. The quantitative estimate of drug-likeness (QED) is 0.449. The zero-order valence-corrected chi connectivity index (χ0v) is 12.1. The maximum Gasteiger partial charge on any atom is 0.251 e. The Balaban J connectivity index is 1.93. The summed E-state index contributed by atoms with van der Waals surface area (Å²) < 4.78 is 0. The minimum atomic E-state index is -0.140. The predicted octanol–water partition coefficient (Wildman–Crippen LogP) is 1.89. The zero-order valence-electron chi connectivity index (χ0n) is 10.5. The third-order valence-electron chi connectivity index (χ3n) is 3.10. The van der Waals surface area contributed by atoms with Crippen LogP contribution in [0.2, 0.25) is 5.15 Å². The lowest BCUT2D eigenvalue weighted by atomic mass is 10.0. The molecule has 104 valence electrons. The maximum atomic E-state index is 12.0. The van der Waals surface area contributed by atoms with Gasteiger partial charge in [-0.05, 0) is 42.4 Å². The Morgan fingerprint density at radius 3 is 2.89 bits per heavy atom. The van der Waals surface area contributed by atoms with Crippen molar-refractivity contribution in [1.29, 1.82) is 0 Å². The van der Waals surface area contributed by atoms with Crippen molar-refractivity contribution in [3.8, 4) is 0 Å². The van der Waals surface area contributed by atoms with Gasteiger partial charge in [0, 0.05) is 12.1 Å². The van der Waals surface area contributed by atoms with Crippen molar-refractivity contribution < 1.29 is 4.79 Å². The van der Waals surface area contributed by atoms with Crippen molar-refractivity contribution in [2.75, 3.05) is 23.5 Å². The van der Waals surface area contributed by atoms with Gasteiger partial charge in [0.25, 0.3) is 5.91 Å². The van der Waals surface area contributed by atoms with Crippen molar-refractivity contribution in [2.45, 2.75) is 12.8 Å². The summed E-state index contributed by atoms with van der Waals surface area (Å²) >= 11 is 7.81. The topological polar surface area (TPSA) is 80.0 Å². The fraction of sp³-hybridized carbons (Fsp3) is 0.500. The number of pyridine rings is 1. The van der Waals surface area contributed by atoms with Crippen LogP contribution in [0.4, 0.5) is 5.82 Å². The molecule has 5 nitrogen and oxygen atoms in total. The van der Waals surface area contributed by atoms with Crippen molar-refractivity contribution in [1.82, 2.24) is 10.3 Å². The van der Waals surface area contributed by atoms with Gasteiger partial charge in [-0.25, -0.2) is 10.8 Å². The third kappa shape index (κ3) is 4.26. The second-order valence-electron chi connectivity index (χ2n) is 4.47. The number of nitrogen functional groups attached to an aromatic ring is 1. The summed E-state index contributed by atoms with van der Waals surface area (Å²) in [5.74, 6) is 8.46. The van der Waals surface area contributed by atoms with Crippen LogP contribution in [0.15, 0.2) is 12.1 Å². The molecule has 1 amide bonds. The van der Waals surface area contributed by atoms with E-state index >= 15 is 0 Å². The van der Waals surface area contributed by atoms with Gasteiger partial charge in [0.15, 0.2) is 0 Å². The first-order valence-electron chi connectivity index (χ1n) is 6.19. The molecule has 0 bridgehead atoms. The van der Waals surface area contributed by atoms with Gasteiger partial charge in [-0.3, -0.25) is 4.79 Å². The zero-order chi connectivity index (χ0) is 13.7. The number of halogens is 1. The average Bonchev–Trinajstić information content (AvgIpc) is 2.45. The number of hydrogen-bond donors (Lipinski definition) is 3. The first-order valence-corrected chi connectivity index (χ1v) is 7.72. The molecule has 0 aliphatic carbocycles. The number of amides is 1. The molecule has 2 rings (SSSR count). The molecular formula is C12H17ClN4OS. The number of hydrogen-bond acceptors (Lipinski definition) is 5. The van der Waals surface area contributed by atoms with Crippen LogP contribution in [0.5, 0.6) is 0 Å². The van der Waals surface area contributed by atoms with Crippen molar-refractivity contribution >= 4 is 35.1 Å². The van der Waals surface area contributed by atoms with Gasteiger partial charge in [0.05, 0.1) is 0 Å². The van der Waals surface area contributed by atoms with Gasteiger partial charge in [0.1, 0.15) is 11.0 Å². The molecule has 1 aromatic rings. The highest BCUT2D eigenvalue weighted by molar-refractivity contribution is 7.99. The van der Waals surface area contributed by atoms with Crippen LogP contribution in [-0.4, -0.2) is 28.9 Å². The molecule has 0 unspecified atom stereocenters. The summed E-state index contributed by atoms with van der Waals surface area (Å²) in [6.07, 6.45) is 2.33. The van der Waals surface area contributed by atoms with Crippen LogP contribution >= 0.6 is 23.4 Å². The minimum absolute atomic E-state index is 0.140. The number of anilines is 1. The smallest absolute Gasteiger partial charge is 0.251 e. The van der Waals surface area contributed by atoms with Gasteiger partial charge in [-0.1, -0.05) is 11.6 Å². The number of nitrogens with zero attached hydrogens (tertiary/aromatic N) is 1. The highest BCUT2D eigenvalue weighted by Crippen LogP contribution is 2.22. The van der Waals surface area contributed by atoms with Gasteiger partial charge in [-0.15, -0.1) is 0 Å². The predicted molar refractivity (Wildman–Crippen MR) is 79.4 cm³/mol. The maximum absolute atomic E-state index is 12.0. The lowest BCUT2D eigenvalue weighted by Gasteiger charge is -2.21. The van der Waals surface area contributed by atoms with E-state index in [1.165, 1.54) is 17.6 Å². The molecule has 0 aromatic carbocycles. The second kappa shape index (κ2) is 6.98. The van der Waals surface area contributed by atoms with Crippen LogP contribution in [0.1, 0.15) is 23.2 Å². The molecular weight excluding hydrogens is 284 g/mol. The number of rotatable bonds is 4. The molecule has 0 spiro atoms. The molecule has 0 radical (unpaired) electrons. The van der Waals surface area contributed by atoms with E-state index in [1.54, 1.807) is 6.07 Å². The van der Waals surface area contributed by atoms with E-state index in [9.17, 15) is 4.79 Å². The summed E-state index contributed by atoms with van der Waals surface area (Å²) in [5.41, 5.74) is 2.86. The molecule has 19 heavy (non-hydrogen) atoms. The summed E-state index contributed by atoms with van der Waals surface area (Å²) in [7, 11) is 0. The monoisotopic (exact) mass is 300 g/mol. The van der Waals surface area contributed by atoms with E-state index in [2.05, 4.69) is 15.7 Å². The fourth-order valence-electron chi connectivity index (χ4n) is 1.99. The Kier molecular flexibility index (Phi) is 5.30. The van der Waals surface area contributed by atoms with Crippen LogP contribution in [0.25, 0.3) is 0 Å². The highest BCUT2D eigenvalue weighted by Gasteiger charge is 2.15. The Morgan fingerprint density at radius 1 is 1.47 bits per heavy atom. The molecule has 4 N–H and O–H groups in total. The number of hydrazine groups is 1. The molecule has 1 fully saturated rings. The number of thioether (sulfide) groups is 1. The van der Waals surface area contributed by atoms with Gasteiger partial charge in [-0.2, -0.15) is 11.8 Å². The molecule has 0 atom stereocenters. The van der Waals surface area contributed by atoms with E-state index in [-0.39, 0.29) is 11.1 Å². The first-order chi connectivity index (χ1) is 9.19. The second-order valence-corrected chi connectivity index (χ2v) is 6.09. The number of aromatic nitrogens is 1. The van der Waals surface area contributed by atoms with E-state index in [0.717, 1.165) is 12.8 Å². The fourth-order valence-corrected chi connectivity index (χ4v) is 3.40. The largest absolute Gasteiger partial charge is 0.352 e. The lowest BCUT2D eigenvalue weighted by molar-refractivity contribution is 0.0946. The number of carbonyl (C=O) groups is 1. The standard InChI is InChI=1S/C12H17ClN4OS/c13-10-5-9(6-11(16-10)17-14)12(18)15-7-8-1-3-19-4-2-8/h5-6,8H,1-4,7,14H2,(H,15,18)(H,16,17). The molecule has 1 saturated heterocycles. The van der Waals surface area contributed by atoms with Crippen molar-refractivity contribution in [3.05, 3.63) is 22.8 Å². The Morgan fingerprint density at radius 2 is 2.21 bits per heavy atom. The van der Waals surface area contributed by atoms with E-state index in [1.807, 2.05) is 11.8 Å².